The van der Waals surface area contributed by atoms with Crippen molar-refractivity contribution in [2.45, 2.75) is 13.8 Å². The molecule has 0 saturated carbocycles. The third-order valence-electron chi connectivity index (χ3n) is 3.67. The number of benzene rings is 2. The second kappa shape index (κ2) is 8.72. The minimum atomic E-state index is -0.161. The highest BCUT2D eigenvalue weighted by molar-refractivity contribution is 5.98. The normalized spacial score (nSPS) is 10.1. The van der Waals surface area contributed by atoms with Crippen molar-refractivity contribution in [3.05, 3.63) is 60.2 Å². The van der Waals surface area contributed by atoms with Crippen molar-refractivity contribution in [1.29, 1.82) is 0 Å². The van der Waals surface area contributed by atoms with Crippen LogP contribution in [0.3, 0.4) is 0 Å². The van der Waals surface area contributed by atoms with Crippen LogP contribution in [0.1, 0.15) is 24.2 Å². The molecule has 2 amide bonds. The number of carbonyl (C=O) groups is 2. The fourth-order valence-electron chi connectivity index (χ4n) is 2.37. The lowest BCUT2D eigenvalue weighted by atomic mass is 10.1. The van der Waals surface area contributed by atoms with E-state index in [-0.39, 0.29) is 18.4 Å². The van der Waals surface area contributed by atoms with Gasteiger partial charge in [0.2, 0.25) is 5.91 Å². The first-order valence-corrected chi connectivity index (χ1v) is 8.12. The topological polar surface area (TPSA) is 61.4 Å². The molecule has 0 aliphatic carbocycles. The van der Waals surface area contributed by atoms with E-state index >= 15 is 0 Å². The fourth-order valence-corrected chi connectivity index (χ4v) is 2.37. The molecule has 0 atom stereocenters. The summed E-state index contributed by atoms with van der Waals surface area (Å²) in [6.07, 6.45) is 0. The van der Waals surface area contributed by atoms with Gasteiger partial charge in [0.15, 0.2) is 0 Å². The van der Waals surface area contributed by atoms with Crippen molar-refractivity contribution in [3.8, 4) is 0 Å². The Hall–Kier alpha value is -2.82. The monoisotopic (exact) mass is 325 g/mol. The Kier molecular flexibility index (Phi) is 6.37. The number of amides is 2. The minimum Gasteiger partial charge on any atom is -0.376 e. The Morgan fingerprint density at radius 1 is 0.917 bits per heavy atom. The van der Waals surface area contributed by atoms with Gasteiger partial charge in [-0.1, -0.05) is 24.3 Å². The van der Waals surface area contributed by atoms with Gasteiger partial charge in [0, 0.05) is 30.0 Å². The molecule has 2 aromatic rings. The number of rotatable bonds is 7. The Labute approximate surface area is 142 Å². The van der Waals surface area contributed by atoms with Gasteiger partial charge in [0.05, 0.1) is 6.54 Å². The predicted octanol–water partition coefficient (Wildman–Crippen LogP) is 3.22. The van der Waals surface area contributed by atoms with E-state index in [9.17, 15) is 9.59 Å². The van der Waals surface area contributed by atoms with Crippen molar-refractivity contribution >= 4 is 23.2 Å². The first-order chi connectivity index (χ1) is 11.6. The average molecular weight is 325 g/mol. The number of anilines is 2. The third kappa shape index (κ3) is 4.84. The molecule has 0 aliphatic heterocycles. The summed E-state index contributed by atoms with van der Waals surface area (Å²) in [5.41, 5.74) is 2.08. The van der Waals surface area contributed by atoms with Gasteiger partial charge >= 0.3 is 0 Å². The van der Waals surface area contributed by atoms with E-state index in [4.69, 9.17) is 0 Å². The number of para-hydroxylation sites is 1. The fraction of sp³-hybridized carbons (Fsp3) is 0.263. The van der Waals surface area contributed by atoms with Gasteiger partial charge in [-0.25, -0.2) is 0 Å². The second-order valence-corrected chi connectivity index (χ2v) is 5.33. The van der Waals surface area contributed by atoms with Gasteiger partial charge in [-0.15, -0.1) is 0 Å². The molecular weight excluding hydrogens is 302 g/mol. The highest BCUT2D eigenvalue weighted by Gasteiger charge is 2.13. The van der Waals surface area contributed by atoms with Crippen LogP contribution in [0, 0.1) is 0 Å². The standard InChI is InChI=1S/C19H23N3O2/c1-3-22(4-2)19(24)15-9-8-12-17(13-15)21-18(23)14-20-16-10-6-5-7-11-16/h5-13,20H,3-4,14H2,1-2H3,(H,21,23). The van der Waals surface area contributed by atoms with E-state index in [2.05, 4.69) is 10.6 Å². The molecule has 0 aromatic heterocycles. The molecule has 5 heteroatoms. The quantitative estimate of drug-likeness (QED) is 0.821. The van der Waals surface area contributed by atoms with E-state index in [0.717, 1.165) is 5.69 Å². The molecule has 0 fully saturated rings. The number of hydrogen-bond donors (Lipinski definition) is 2. The molecule has 0 bridgehead atoms. The predicted molar refractivity (Wildman–Crippen MR) is 97.3 cm³/mol. The maximum absolute atomic E-state index is 12.4. The van der Waals surface area contributed by atoms with Crippen LogP contribution in [0.5, 0.6) is 0 Å². The Bertz CT molecular complexity index is 682. The second-order valence-electron chi connectivity index (χ2n) is 5.33. The average Bonchev–Trinajstić information content (AvgIpc) is 2.62. The molecule has 126 valence electrons. The number of nitrogens with one attached hydrogen (secondary N) is 2. The van der Waals surface area contributed by atoms with Crippen molar-refractivity contribution in [1.82, 2.24) is 4.90 Å². The minimum absolute atomic E-state index is 0.0292. The zero-order valence-electron chi connectivity index (χ0n) is 14.1. The molecule has 0 aliphatic rings. The lowest BCUT2D eigenvalue weighted by Crippen LogP contribution is -2.30. The maximum atomic E-state index is 12.4. The molecule has 2 aromatic carbocycles. The molecule has 0 saturated heterocycles. The highest BCUT2D eigenvalue weighted by Crippen LogP contribution is 2.13. The van der Waals surface area contributed by atoms with Gasteiger partial charge in [0.25, 0.3) is 5.91 Å². The third-order valence-corrected chi connectivity index (χ3v) is 3.67. The van der Waals surface area contributed by atoms with Gasteiger partial charge in [-0.3, -0.25) is 9.59 Å². The number of nitrogens with zero attached hydrogens (tertiary/aromatic N) is 1. The van der Waals surface area contributed by atoms with E-state index in [1.165, 1.54) is 0 Å². The molecule has 0 heterocycles. The van der Waals surface area contributed by atoms with Gasteiger partial charge in [-0.05, 0) is 44.2 Å². The Morgan fingerprint density at radius 2 is 1.58 bits per heavy atom. The largest absolute Gasteiger partial charge is 0.376 e. The smallest absolute Gasteiger partial charge is 0.253 e. The molecular formula is C19H23N3O2. The van der Waals surface area contributed by atoms with Crippen LogP contribution in [0.25, 0.3) is 0 Å². The number of carbonyl (C=O) groups excluding carboxylic acids is 2. The lowest BCUT2D eigenvalue weighted by Gasteiger charge is -2.19. The van der Waals surface area contributed by atoms with E-state index in [1.807, 2.05) is 44.2 Å². The van der Waals surface area contributed by atoms with Crippen LogP contribution in [0.4, 0.5) is 11.4 Å². The van der Waals surface area contributed by atoms with Gasteiger partial charge in [-0.2, -0.15) is 0 Å². The summed E-state index contributed by atoms with van der Waals surface area (Å²) in [6, 6.07) is 16.6. The zero-order valence-corrected chi connectivity index (χ0v) is 14.1. The first kappa shape index (κ1) is 17.5. The van der Waals surface area contributed by atoms with Gasteiger partial charge in [0.1, 0.15) is 0 Å². The molecule has 0 unspecified atom stereocenters. The van der Waals surface area contributed by atoms with Crippen LogP contribution in [-0.2, 0) is 4.79 Å². The first-order valence-electron chi connectivity index (χ1n) is 8.12. The summed E-state index contributed by atoms with van der Waals surface area (Å²) in [4.78, 5) is 26.1. The van der Waals surface area contributed by atoms with Crippen molar-refractivity contribution < 1.29 is 9.59 Å². The molecule has 2 rings (SSSR count). The van der Waals surface area contributed by atoms with Crippen LogP contribution in [0.15, 0.2) is 54.6 Å². The Morgan fingerprint density at radius 3 is 2.25 bits per heavy atom. The summed E-state index contributed by atoms with van der Waals surface area (Å²) < 4.78 is 0. The zero-order chi connectivity index (χ0) is 17.4. The SMILES string of the molecule is CCN(CC)C(=O)c1cccc(NC(=O)CNc2ccccc2)c1. The van der Waals surface area contributed by atoms with Crippen molar-refractivity contribution in [2.24, 2.45) is 0 Å². The van der Waals surface area contributed by atoms with Crippen LogP contribution in [0.2, 0.25) is 0 Å². The molecule has 2 N–H and O–H groups in total. The molecule has 0 radical (unpaired) electrons. The van der Waals surface area contributed by atoms with Gasteiger partial charge < -0.3 is 15.5 Å². The lowest BCUT2D eigenvalue weighted by molar-refractivity contribution is -0.114. The maximum Gasteiger partial charge on any atom is 0.253 e. The Balaban J connectivity index is 1.96. The summed E-state index contributed by atoms with van der Waals surface area (Å²) in [5.74, 6) is -0.190. The van der Waals surface area contributed by atoms with E-state index < -0.39 is 0 Å². The van der Waals surface area contributed by atoms with Crippen LogP contribution >= 0.6 is 0 Å². The number of hydrogen-bond acceptors (Lipinski definition) is 3. The van der Waals surface area contributed by atoms with Crippen LogP contribution in [-0.4, -0.2) is 36.3 Å². The summed E-state index contributed by atoms with van der Waals surface area (Å²) >= 11 is 0. The van der Waals surface area contributed by atoms with E-state index in [1.54, 1.807) is 29.2 Å². The summed E-state index contributed by atoms with van der Waals surface area (Å²) in [7, 11) is 0. The van der Waals surface area contributed by atoms with Crippen molar-refractivity contribution in [2.75, 3.05) is 30.3 Å². The molecule has 5 nitrogen and oxygen atoms in total. The summed E-state index contributed by atoms with van der Waals surface area (Å²) in [5, 5.41) is 5.86. The van der Waals surface area contributed by atoms with Crippen LogP contribution < -0.4 is 10.6 Å². The van der Waals surface area contributed by atoms with Crippen molar-refractivity contribution in [3.63, 3.8) is 0 Å². The molecule has 24 heavy (non-hydrogen) atoms. The molecule has 0 spiro atoms. The van der Waals surface area contributed by atoms with E-state index in [0.29, 0.717) is 24.3 Å². The highest BCUT2D eigenvalue weighted by atomic mass is 16.2. The summed E-state index contributed by atoms with van der Waals surface area (Å²) in [6.45, 7) is 5.38.